The van der Waals surface area contributed by atoms with Crippen LogP contribution in [0.5, 0.6) is 17.4 Å². The first-order chi connectivity index (χ1) is 13.5. The second kappa shape index (κ2) is 8.26. The van der Waals surface area contributed by atoms with Crippen LogP contribution in [-0.2, 0) is 0 Å². The van der Waals surface area contributed by atoms with E-state index < -0.39 is 0 Å². The van der Waals surface area contributed by atoms with Gasteiger partial charge in [-0.3, -0.25) is 5.10 Å². The Hall–Kier alpha value is -3.14. The minimum Gasteiger partial charge on any atom is -0.493 e. The van der Waals surface area contributed by atoms with Crippen molar-refractivity contribution in [2.45, 2.75) is 45.4 Å². The predicted molar refractivity (Wildman–Crippen MR) is 105 cm³/mol. The Morgan fingerprint density at radius 2 is 2.14 bits per heavy atom. The summed E-state index contributed by atoms with van der Waals surface area (Å²) < 4.78 is 17.0. The Bertz CT molecular complexity index is 924. The lowest BCUT2D eigenvalue weighted by molar-refractivity contribution is 0.288. The predicted octanol–water partition coefficient (Wildman–Crippen LogP) is 3.94. The van der Waals surface area contributed by atoms with Crippen LogP contribution in [0.4, 0.5) is 0 Å². The van der Waals surface area contributed by atoms with Crippen LogP contribution in [0.2, 0.25) is 0 Å². The molecule has 1 unspecified atom stereocenters. The van der Waals surface area contributed by atoms with Crippen LogP contribution in [0.3, 0.4) is 0 Å². The molecule has 2 aromatic rings. The molecule has 2 heterocycles. The first-order valence-electron chi connectivity index (χ1n) is 9.48. The second-order valence-electron chi connectivity index (χ2n) is 7.05. The van der Waals surface area contributed by atoms with Crippen molar-refractivity contribution in [3.05, 3.63) is 46.5 Å². The van der Waals surface area contributed by atoms with Gasteiger partial charge in [0.2, 0.25) is 11.8 Å². The molecule has 0 saturated heterocycles. The van der Waals surface area contributed by atoms with Crippen LogP contribution < -0.4 is 19.9 Å². The molecular formula is C21H26N4O3. The molecule has 0 fully saturated rings. The van der Waals surface area contributed by atoms with E-state index in [9.17, 15) is 5.26 Å². The van der Waals surface area contributed by atoms with E-state index in [1.165, 1.54) is 0 Å². The van der Waals surface area contributed by atoms with Gasteiger partial charge >= 0.3 is 0 Å². The number of methoxy groups -OCH3 is 1. The lowest BCUT2D eigenvalue weighted by Gasteiger charge is -2.25. The molecule has 0 spiro atoms. The number of hydrogen-bond acceptors (Lipinski definition) is 6. The molecule has 148 valence electrons. The number of nitriles is 1. The van der Waals surface area contributed by atoms with Crippen molar-refractivity contribution < 1.29 is 14.2 Å². The summed E-state index contributed by atoms with van der Waals surface area (Å²) in [6.45, 7) is 6.86. The van der Waals surface area contributed by atoms with Crippen molar-refractivity contribution in [1.29, 1.82) is 5.26 Å². The molecule has 7 heteroatoms. The highest BCUT2D eigenvalue weighted by Gasteiger charge is 2.36. The number of hydrogen-bond donors (Lipinski definition) is 2. The summed E-state index contributed by atoms with van der Waals surface area (Å²) in [6.07, 6.45) is 2.03. The molecule has 3 rings (SSSR count). The Balaban J connectivity index is 2.09. The van der Waals surface area contributed by atoms with Crippen LogP contribution >= 0.6 is 0 Å². The van der Waals surface area contributed by atoms with E-state index in [-0.39, 0.29) is 17.7 Å². The van der Waals surface area contributed by atoms with Crippen LogP contribution in [0.25, 0.3) is 0 Å². The summed E-state index contributed by atoms with van der Waals surface area (Å²) in [5.74, 6) is 1.57. The molecule has 7 nitrogen and oxygen atoms in total. The number of rotatable bonds is 7. The van der Waals surface area contributed by atoms with Gasteiger partial charge in [-0.15, -0.1) is 5.10 Å². The summed E-state index contributed by atoms with van der Waals surface area (Å²) >= 11 is 0. The van der Waals surface area contributed by atoms with Gasteiger partial charge in [0.25, 0.3) is 0 Å². The van der Waals surface area contributed by atoms with Crippen molar-refractivity contribution >= 4 is 0 Å². The van der Waals surface area contributed by atoms with E-state index in [1.54, 1.807) is 7.11 Å². The maximum absolute atomic E-state index is 9.76. The smallest absolute Gasteiger partial charge is 0.244 e. The minimum atomic E-state index is -0.386. The van der Waals surface area contributed by atoms with E-state index in [4.69, 9.17) is 19.9 Å². The largest absolute Gasteiger partial charge is 0.493 e. The Kier molecular flexibility index (Phi) is 5.78. The second-order valence-corrected chi connectivity index (χ2v) is 7.05. The van der Waals surface area contributed by atoms with Gasteiger partial charge in [0.15, 0.2) is 11.5 Å². The zero-order valence-corrected chi connectivity index (χ0v) is 16.7. The van der Waals surface area contributed by atoms with E-state index in [2.05, 4.69) is 37.0 Å². The average molecular weight is 382 g/mol. The van der Waals surface area contributed by atoms with E-state index in [1.807, 2.05) is 18.2 Å². The number of fused-ring (bicyclic) bond motifs is 1. The molecule has 1 aromatic heterocycles. The number of H-pyrrole nitrogens is 1. The molecule has 0 amide bonds. The zero-order chi connectivity index (χ0) is 20.3. The number of aromatic amines is 1. The van der Waals surface area contributed by atoms with Gasteiger partial charge in [-0.1, -0.05) is 33.3 Å². The van der Waals surface area contributed by atoms with Crippen molar-refractivity contribution in [2.24, 2.45) is 5.73 Å². The van der Waals surface area contributed by atoms with Crippen molar-refractivity contribution in [3.63, 3.8) is 0 Å². The molecule has 1 aliphatic heterocycles. The number of unbranched alkanes of at least 4 members (excludes halogenated alkanes) is 1. The fourth-order valence-corrected chi connectivity index (χ4v) is 3.35. The van der Waals surface area contributed by atoms with Gasteiger partial charge in [0.1, 0.15) is 11.6 Å². The highest BCUT2D eigenvalue weighted by atomic mass is 16.5. The van der Waals surface area contributed by atoms with Crippen LogP contribution in [-0.4, -0.2) is 23.9 Å². The molecule has 1 atom stereocenters. The highest BCUT2D eigenvalue weighted by Crippen LogP contribution is 2.45. The normalized spacial score (nSPS) is 15.8. The molecule has 1 aliphatic rings. The topological polar surface area (TPSA) is 106 Å². The minimum absolute atomic E-state index is 0.0732. The molecule has 1 aromatic carbocycles. The first kappa shape index (κ1) is 19.6. The van der Waals surface area contributed by atoms with Crippen LogP contribution in [0.15, 0.2) is 29.7 Å². The highest BCUT2D eigenvalue weighted by molar-refractivity contribution is 5.57. The van der Waals surface area contributed by atoms with Crippen LogP contribution in [0.1, 0.15) is 62.3 Å². The van der Waals surface area contributed by atoms with E-state index in [0.717, 1.165) is 29.7 Å². The first-order valence-corrected chi connectivity index (χ1v) is 9.48. The van der Waals surface area contributed by atoms with Gasteiger partial charge in [0, 0.05) is 5.69 Å². The van der Waals surface area contributed by atoms with Crippen LogP contribution in [0, 0.1) is 11.3 Å². The molecule has 28 heavy (non-hydrogen) atoms. The van der Waals surface area contributed by atoms with Crippen molar-refractivity contribution in [3.8, 4) is 23.4 Å². The quantitative estimate of drug-likeness (QED) is 0.703. The summed E-state index contributed by atoms with van der Waals surface area (Å²) in [5.41, 5.74) is 9.01. The summed E-state index contributed by atoms with van der Waals surface area (Å²) in [4.78, 5) is 0. The van der Waals surface area contributed by atoms with Gasteiger partial charge in [-0.25, -0.2) is 0 Å². The summed E-state index contributed by atoms with van der Waals surface area (Å²) in [7, 11) is 1.61. The molecular weight excluding hydrogens is 356 g/mol. The number of aromatic nitrogens is 2. The van der Waals surface area contributed by atoms with Crippen molar-refractivity contribution in [2.75, 3.05) is 13.7 Å². The fourth-order valence-electron chi connectivity index (χ4n) is 3.35. The third-order valence-electron chi connectivity index (χ3n) is 4.82. The number of allylic oxidation sites excluding steroid dienone is 1. The average Bonchev–Trinajstić information content (AvgIpc) is 3.10. The maximum Gasteiger partial charge on any atom is 0.244 e. The Labute approximate surface area is 165 Å². The SMILES string of the molecule is CCCCOc1ccc(C2C(C#N)=C(N)Oc3n[nH]c(C(C)C)c32)cc1OC. The zero-order valence-electron chi connectivity index (χ0n) is 16.7. The Morgan fingerprint density at radius 3 is 2.79 bits per heavy atom. The third-order valence-corrected chi connectivity index (χ3v) is 4.82. The molecule has 0 saturated carbocycles. The van der Waals surface area contributed by atoms with Crippen molar-refractivity contribution in [1.82, 2.24) is 10.2 Å². The van der Waals surface area contributed by atoms with E-state index in [0.29, 0.717) is 29.6 Å². The molecule has 0 aliphatic carbocycles. The standard InChI is InChI=1S/C21H26N4O3/c1-5-6-9-27-15-8-7-13(10-16(15)26-4)17-14(11-22)20(23)28-21-18(17)19(12(2)3)24-25-21/h7-8,10,12,17H,5-6,9,23H2,1-4H3,(H,24,25). The number of nitrogens with one attached hydrogen (secondary N) is 1. The molecule has 0 radical (unpaired) electrons. The number of ether oxygens (including phenoxy) is 3. The molecule has 3 N–H and O–H groups in total. The summed E-state index contributed by atoms with van der Waals surface area (Å²) in [6, 6.07) is 7.91. The van der Waals surface area contributed by atoms with Gasteiger partial charge in [-0.05, 0) is 30.0 Å². The number of nitrogens with zero attached hydrogens (tertiary/aromatic N) is 2. The van der Waals surface area contributed by atoms with E-state index >= 15 is 0 Å². The monoisotopic (exact) mass is 382 g/mol. The lowest BCUT2D eigenvalue weighted by Crippen LogP contribution is -2.21. The summed E-state index contributed by atoms with van der Waals surface area (Å²) in [5, 5.41) is 17.0. The van der Waals surface area contributed by atoms with Gasteiger partial charge < -0.3 is 19.9 Å². The number of nitrogens with two attached hydrogens (primary N) is 1. The lowest BCUT2D eigenvalue weighted by atomic mass is 9.82. The van der Waals surface area contributed by atoms with Gasteiger partial charge in [0.05, 0.1) is 25.2 Å². The molecule has 0 bridgehead atoms. The number of benzene rings is 1. The maximum atomic E-state index is 9.76. The Morgan fingerprint density at radius 1 is 1.36 bits per heavy atom. The third kappa shape index (κ3) is 3.50. The van der Waals surface area contributed by atoms with Gasteiger partial charge in [-0.2, -0.15) is 5.26 Å². The fraction of sp³-hybridized carbons (Fsp3) is 0.429.